The molecule has 0 fully saturated rings. The predicted molar refractivity (Wildman–Crippen MR) is 90.5 cm³/mol. The summed E-state index contributed by atoms with van der Waals surface area (Å²) >= 11 is 12.0. The summed E-state index contributed by atoms with van der Waals surface area (Å²) in [5, 5.41) is 6.72. The van der Waals surface area contributed by atoms with Crippen LogP contribution >= 0.6 is 23.2 Å². The van der Waals surface area contributed by atoms with Gasteiger partial charge in [0, 0.05) is 21.9 Å². The minimum Gasteiger partial charge on any atom is -0.339 e. The molecule has 2 aromatic heterocycles. The van der Waals surface area contributed by atoms with Gasteiger partial charge in [-0.15, -0.1) is 0 Å². The van der Waals surface area contributed by atoms with E-state index in [0.29, 0.717) is 32.9 Å². The van der Waals surface area contributed by atoms with E-state index in [0.717, 1.165) is 0 Å². The van der Waals surface area contributed by atoms with E-state index < -0.39 is 0 Å². The molecule has 0 atom stereocenters. The molecular weight excluding hydrogens is 337 g/mol. The van der Waals surface area contributed by atoms with Crippen molar-refractivity contribution in [1.29, 1.82) is 0 Å². The molecule has 0 saturated carbocycles. The molecule has 6 nitrogen and oxygen atoms in total. The van der Waals surface area contributed by atoms with Gasteiger partial charge in [0.05, 0.1) is 18.1 Å². The number of anilines is 3. The monoisotopic (exact) mass is 347 g/mol. The van der Waals surface area contributed by atoms with Crippen LogP contribution in [0.5, 0.6) is 0 Å². The molecule has 1 aromatic carbocycles. The number of aromatic amines is 1. The van der Waals surface area contributed by atoms with Crippen LogP contribution in [-0.4, -0.2) is 20.9 Å². The second-order valence-corrected chi connectivity index (χ2v) is 5.47. The van der Waals surface area contributed by atoms with Crippen molar-refractivity contribution in [3.8, 4) is 0 Å². The number of amides is 1. The van der Waals surface area contributed by atoms with Crippen LogP contribution in [-0.2, 0) is 0 Å². The van der Waals surface area contributed by atoms with Crippen molar-refractivity contribution in [2.75, 3.05) is 10.6 Å². The van der Waals surface area contributed by atoms with Gasteiger partial charge in [0.1, 0.15) is 11.6 Å². The SMILES string of the molecule is O=C(Nc1cnc[nH]1)c1cccnc1Nc1cc(Cl)cc(Cl)c1. The predicted octanol–water partition coefficient (Wildman–Crippen LogP) is 4.11. The van der Waals surface area contributed by atoms with E-state index in [1.807, 2.05) is 0 Å². The van der Waals surface area contributed by atoms with Gasteiger partial charge in [0.15, 0.2) is 0 Å². The number of benzene rings is 1. The van der Waals surface area contributed by atoms with E-state index >= 15 is 0 Å². The van der Waals surface area contributed by atoms with Crippen molar-refractivity contribution >= 4 is 46.4 Å². The maximum Gasteiger partial charge on any atom is 0.260 e. The summed E-state index contributed by atoms with van der Waals surface area (Å²) in [6, 6.07) is 8.35. The van der Waals surface area contributed by atoms with E-state index in [4.69, 9.17) is 23.2 Å². The number of hydrogen-bond acceptors (Lipinski definition) is 4. The normalized spacial score (nSPS) is 10.3. The molecule has 0 spiro atoms. The van der Waals surface area contributed by atoms with Gasteiger partial charge in [0.25, 0.3) is 5.91 Å². The van der Waals surface area contributed by atoms with Crippen LogP contribution in [0.4, 0.5) is 17.3 Å². The summed E-state index contributed by atoms with van der Waals surface area (Å²) in [7, 11) is 0. The van der Waals surface area contributed by atoms with Crippen molar-refractivity contribution in [1.82, 2.24) is 15.0 Å². The van der Waals surface area contributed by atoms with Crippen molar-refractivity contribution in [2.45, 2.75) is 0 Å². The van der Waals surface area contributed by atoms with Crippen LogP contribution in [0.15, 0.2) is 49.1 Å². The lowest BCUT2D eigenvalue weighted by Gasteiger charge is -2.11. The molecule has 0 radical (unpaired) electrons. The van der Waals surface area contributed by atoms with Gasteiger partial charge >= 0.3 is 0 Å². The van der Waals surface area contributed by atoms with Crippen molar-refractivity contribution in [2.24, 2.45) is 0 Å². The first-order valence-electron chi connectivity index (χ1n) is 6.60. The minimum atomic E-state index is -0.321. The zero-order valence-corrected chi connectivity index (χ0v) is 13.2. The highest BCUT2D eigenvalue weighted by atomic mass is 35.5. The number of rotatable bonds is 4. The highest BCUT2D eigenvalue weighted by Gasteiger charge is 2.13. The fourth-order valence-electron chi connectivity index (χ4n) is 1.96. The fourth-order valence-corrected chi connectivity index (χ4v) is 2.49. The molecule has 3 rings (SSSR count). The second kappa shape index (κ2) is 6.68. The van der Waals surface area contributed by atoms with E-state index in [-0.39, 0.29) is 5.91 Å². The molecule has 2 heterocycles. The van der Waals surface area contributed by atoms with Crippen LogP contribution in [0.2, 0.25) is 10.0 Å². The second-order valence-electron chi connectivity index (χ2n) is 4.60. The van der Waals surface area contributed by atoms with E-state index in [1.165, 1.54) is 12.5 Å². The Kier molecular flexibility index (Phi) is 4.45. The Bertz CT molecular complexity index is 815. The highest BCUT2D eigenvalue weighted by molar-refractivity contribution is 6.35. The zero-order valence-electron chi connectivity index (χ0n) is 11.7. The molecule has 0 saturated heterocycles. The van der Waals surface area contributed by atoms with Gasteiger partial charge in [-0.3, -0.25) is 4.79 Å². The third-order valence-corrected chi connectivity index (χ3v) is 3.36. The molecule has 0 aliphatic rings. The average molecular weight is 348 g/mol. The van der Waals surface area contributed by atoms with Crippen molar-refractivity contribution < 1.29 is 4.79 Å². The standard InChI is InChI=1S/C15H11Cl2N5O/c16-9-4-10(17)6-11(5-9)21-14-12(2-1-3-19-14)15(23)22-13-7-18-8-20-13/h1-8H,(H,18,20)(H,19,21)(H,22,23). The highest BCUT2D eigenvalue weighted by Crippen LogP contribution is 2.26. The molecule has 0 bridgehead atoms. The number of H-pyrrole nitrogens is 1. The van der Waals surface area contributed by atoms with Gasteiger partial charge < -0.3 is 15.6 Å². The zero-order chi connectivity index (χ0) is 16.2. The number of carbonyl (C=O) groups is 1. The molecule has 8 heteroatoms. The molecular formula is C15H11Cl2N5O. The summed E-state index contributed by atoms with van der Waals surface area (Å²) in [5.74, 6) is 0.566. The van der Waals surface area contributed by atoms with Gasteiger partial charge in [-0.1, -0.05) is 23.2 Å². The van der Waals surface area contributed by atoms with Gasteiger partial charge in [-0.05, 0) is 30.3 Å². The van der Waals surface area contributed by atoms with Crippen LogP contribution in [0.25, 0.3) is 0 Å². The molecule has 0 unspecified atom stereocenters. The van der Waals surface area contributed by atoms with Crippen LogP contribution in [0.1, 0.15) is 10.4 Å². The largest absolute Gasteiger partial charge is 0.339 e. The van der Waals surface area contributed by atoms with Crippen LogP contribution in [0.3, 0.4) is 0 Å². The molecule has 23 heavy (non-hydrogen) atoms. The summed E-state index contributed by atoms with van der Waals surface area (Å²) in [4.78, 5) is 23.2. The molecule has 0 aliphatic carbocycles. The summed E-state index contributed by atoms with van der Waals surface area (Å²) in [6.07, 6.45) is 4.57. The number of imidazole rings is 1. The Morgan fingerprint density at radius 2 is 1.96 bits per heavy atom. The molecule has 3 aromatic rings. The number of nitrogens with zero attached hydrogens (tertiary/aromatic N) is 2. The Hall–Kier alpha value is -2.57. The molecule has 116 valence electrons. The first-order chi connectivity index (χ1) is 11.1. The first kappa shape index (κ1) is 15.3. The number of nitrogens with one attached hydrogen (secondary N) is 3. The maximum absolute atomic E-state index is 12.4. The Morgan fingerprint density at radius 1 is 1.17 bits per heavy atom. The smallest absolute Gasteiger partial charge is 0.260 e. The third-order valence-electron chi connectivity index (χ3n) is 2.92. The van der Waals surface area contributed by atoms with Crippen LogP contribution < -0.4 is 10.6 Å². The van der Waals surface area contributed by atoms with Gasteiger partial charge in [-0.25, -0.2) is 9.97 Å². The number of aromatic nitrogens is 3. The average Bonchev–Trinajstić information content (AvgIpc) is 2.99. The van der Waals surface area contributed by atoms with Crippen LogP contribution in [0, 0.1) is 0 Å². The maximum atomic E-state index is 12.4. The number of carbonyl (C=O) groups excluding carboxylic acids is 1. The molecule has 3 N–H and O–H groups in total. The summed E-state index contributed by atoms with van der Waals surface area (Å²) in [6.45, 7) is 0. The third kappa shape index (κ3) is 3.80. The van der Waals surface area contributed by atoms with Gasteiger partial charge in [-0.2, -0.15) is 0 Å². The molecule has 0 aliphatic heterocycles. The Labute approximate surface area is 141 Å². The van der Waals surface area contributed by atoms with Crippen molar-refractivity contribution in [3.05, 3.63) is 64.7 Å². The lowest BCUT2D eigenvalue weighted by atomic mass is 10.2. The first-order valence-corrected chi connectivity index (χ1v) is 7.35. The van der Waals surface area contributed by atoms with Gasteiger partial charge in [0.2, 0.25) is 0 Å². The van der Waals surface area contributed by atoms with E-state index in [9.17, 15) is 4.79 Å². The number of pyridine rings is 1. The fraction of sp³-hybridized carbons (Fsp3) is 0. The number of halogens is 2. The lowest BCUT2D eigenvalue weighted by Crippen LogP contribution is -2.14. The summed E-state index contributed by atoms with van der Waals surface area (Å²) in [5.41, 5.74) is 1.01. The quantitative estimate of drug-likeness (QED) is 0.663. The Balaban J connectivity index is 1.86. The lowest BCUT2D eigenvalue weighted by molar-refractivity contribution is 0.102. The summed E-state index contributed by atoms with van der Waals surface area (Å²) < 4.78 is 0. The minimum absolute atomic E-state index is 0.321. The van der Waals surface area contributed by atoms with Crippen molar-refractivity contribution in [3.63, 3.8) is 0 Å². The Morgan fingerprint density at radius 3 is 2.65 bits per heavy atom. The van der Waals surface area contributed by atoms with E-state index in [2.05, 4.69) is 25.6 Å². The number of hydrogen-bond donors (Lipinski definition) is 3. The van der Waals surface area contributed by atoms with E-state index in [1.54, 1.807) is 36.5 Å². The topological polar surface area (TPSA) is 82.7 Å². The molecule has 1 amide bonds.